The van der Waals surface area contributed by atoms with Crippen LogP contribution in [0.2, 0.25) is 15.0 Å². The maximum absolute atomic E-state index is 7.56. The monoisotopic (exact) mass is 615 g/mol. The van der Waals surface area contributed by atoms with Crippen molar-refractivity contribution in [3.05, 3.63) is 12.7 Å². The summed E-state index contributed by atoms with van der Waals surface area (Å²) in [5, 5.41) is 4.75. The van der Waals surface area contributed by atoms with Gasteiger partial charge in [0.05, 0.1) is 0 Å². The number of hydrogen-bond donors (Lipinski definition) is 6. The van der Waals surface area contributed by atoms with Crippen molar-refractivity contribution in [3.8, 4) is 0 Å². The van der Waals surface area contributed by atoms with E-state index >= 15 is 0 Å². The second-order valence-corrected chi connectivity index (χ2v) is 22.9. The molecule has 0 rings (SSSR count). The molecule has 34 heavy (non-hydrogen) atoms. The molecule has 0 heterocycles. The van der Waals surface area contributed by atoms with E-state index in [0.29, 0.717) is 0 Å². The molecule has 0 bridgehead atoms. The van der Waals surface area contributed by atoms with E-state index < -0.39 is 29.4 Å². The van der Waals surface area contributed by atoms with Gasteiger partial charge >= 0.3 is 174 Å². The predicted octanol–water partition coefficient (Wildman–Crippen LogP) is 7.70. The molecule has 11 heteroatoms. The molecule has 205 valence electrons. The standard InChI is InChI=1S/2C10H21.C3H5.2H3O3PS.Zn/c2*1-3-5-7-9-10-8-6-4-2;1-3-2;2*1-4(2,3)5;/h2*1,3-10H2,2H3;3H,1-2H2;2*(H3,1,2,3,5);. The minimum atomic E-state index is -3.81. The van der Waals surface area contributed by atoms with Crippen LogP contribution in [0.5, 0.6) is 0 Å². The summed E-state index contributed by atoms with van der Waals surface area (Å²) in [5.74, 6) is 0. The van der Waals surface area contributed by atoms with Crippen molar-refractivity contribution in [1.29, 1.82) is 0 Å². The molecule has 0 saturated carbocycles. The van der Waals surface area contributed by atoms with Crippen molar-refractivity contribution >= 4 is 37.1 Å². The quantitative estimate of drug-likeness (QED) is 0.0356. The van der Waals surface area contributed by atoms with Crippen LogP contribution in [0.4, 0.5) is 0 Å². The molecule has 6 nitrogen and oxygen atoms in total. The number of hydrogen-bond acceptors (Lipinski definition) is 2. The summed E-state index contributed by atoms with van der Waals surface area (Å²) in [6.07, 6.45) is 25.8. The Morgan fingerprint density at radius 2 is 0.794 bits per heavy atom. The average Bonchev–Trinajstić information content (AvgIpc) is 2.69. The van der Waals surface area contributed by atoms with Crippen molar-refractivity contribution in [2.75, 3.05) is 0 Å². The minimum Gasteiger partial charge on any atom is -0.325 e. The molecule has 0 fully saturated rings. The van der Waals surface area contributed by atoms with Crippen molar-refractivity contribution in [1.82, 2.24) is 0 Å². The third kappa shape index (κ3) is 58.9. The fourth-order valence-electron chi connectivity index (χ4n) is 4.08. The van der Waals surface area contributed by atoms with Gasteiger partial charge in [-0.2, -0.15) is 0 Å². The van der Waals surface area contributed by atoms with Gasteiger partial charge in [0.25, 0.3) is 0 Å². The van der Waals surface area contributed by atoms with Gasteiger partial charge in [-0.3, -0.25) is 0 Å². The van der Waals surface area contributed by atoms with Crippen LogP contribution in [-0.4, -0.2) is 29.4 Å². The molecule has 6 N–H and O–H groups in total. The smallest absolute Gasteiger partial charge is 0.319 e. The molecule has 0 aromatic rings. The Morgan fingerprint density at radius 1 is 0.559 bits per heavy atom. The molecule has 0 aromatic carbocycles. The Bertz CT molecular complexity index is 461. The number of rotatable bonds is 20. The molecule has 0 amide bonds. The van der Waals surface area contributed by atoms with Crippen LogP contribution in [0.1, 0.15) is 117 Å². The molecule has 0 atom stereocenters. The van der Waals surface area contributed by atoms with E-state index in [1.54, 1.807) is 22.9 Å². The van der Waals surface area contributed by atoms with E-state index in [-0.39, 0.29) is 0 Å². The Balaban J connectivity index is -0.000000799. The van der Waals surface area contributed by atoms with Crippen LogP contribution < -0.4 is 0 Å². The van der Waals surface area contributed by atoms with Gasteiger partial charge in [0.1, 0.15) is 0 Å². The van der Waals surface area contributed by atoms with Crippen molar-refractivity contribution in [2.45, 2.75) is 132 Å². The van der Waals surface area contributed by atoms with E-state index in [4.69, 9.17) is 29.4 Å². The second kappa shape index (κ2) is 29.0. The van der Waals surface area contributed by atoms with Gasteiger partial charge in [-0.1, -0.05) is 0 Å². The maximum atomic E-state index is 7.56. The van der Waals surface area contributed by atoms with Crippen molar-refractivity contribution < 1.29 is 45.3 Å². The van der Waals surface area contributed by atoms with Gasteiger partial charge in [-0.25, -0.2) is 0 Å². The van der Waals surface area contributed by atoms with Gasteiger partial charge in [0.15, 0.2) is 0 Å². The van der Waals surface area contributed by atoms with Gasteiger partial charge < -0.3 is 29.4 Å². The van der Waals surface area contributed by atoms with Gasteiger partial charge in [-0.15, -0.1) is 0 Å². The van der Waals surface area contributed by atoms with Gasteiger partial charge in [0, 0.05) is 0 Å². The largest absolute Gasteiger partial charge is 0.325 e. The molecule has 0 saturated heterocycles. The Hall–Kier alpha value is 1.42. The summed E-state index contributed by atoms with van der Waals surface area (Å²) in [4.78, 5) is 45.3. The van der Waals surface area contributed by atoms with Gasteiger partial charge in [-0.05, 0) is 23.6 Å². The van der Waals surface area contributed by atoms with E-state index in [2.05, 4.69) is 50.1 Å². The summed E-state index contributed by atoms with van der Waals surface area (Å²) in [6.45, 7) is 1.02. The van der Waals surface area contributed by atoms with E-state index in [1.807, 2.05) is 0 Å². The SMILES string of the molecule is C=C[CH2][Zn]([CH2]CCCCCCCCC)[CH2]CCCCCCCCC.OP(O)(O)=S.OP(O)(O)=S. The second-order valence-electron chi connectivity index (χ2n) is 9.32. The first-order valence-electron chi connectivity index (χ1n) is 13.3. The van der Waals surface area contributed by atoms with Gasteiger partial charge in [0.2, 0.25) is 0 Å². The first-order valence-corrected chi connectivity index (χ1v) is 24.9. The normalized spacial score (nSPS) is 11.2. The Morgan fingerprint density at radius 3 is 1.03 bits per heavy atom. The summed E-state index contributed by atoms with van der Waals surface area (Å²) >= 11 is 6.01. The van der Waals surface area contributed by atoms with Crippen LogP contribution in [0.3, 0.4) is 0 Å². The summed E-state index contributed by atoms with van der Waals surface area (Å²) in [6, 6.07) is 0. The van der Waals surface area contributed by atoms with Crippen LogP contribution >= 0.6 is 13.4 Å². The zero-order chi connectivity index (χ0) is 26.7. The van der Waals surface area contributed by atoms with Crippen molar-refractivity contribution in [2.24, 2.45) is 0 Å². The average molecular weight is 617 g/mol. The number of unbranched alkanes of at least 4 members (excludes halogenated alkanes) is 14. The summed E-state index contributed by atoms with van der Waals surface area (Å²) < 4.78 is 0. The fraction of sp³-hybridized carbons (Fsp3) is 0.913. The van der Waals surface area contributed by atoms with E-state index in [1.165, 1.54) is 94.9 Å². The first-order chi connectivity index (χ1) is 15.8. The fourth-order valence-corrected chi connectivity index (χ4v) is 11.7. The Labute approximate surface area is 225 Å². The summed E-state index contributed by atoms with van der Waals surface area (Å²) in [5.41, 5.74) is 0. The molecular weight excluding hydrogens is 564 g/mol. The van der Waals surface area contributed by atoms with Crippen molar-refractivity contribution in [3.63, 3.8) is 0 Å². The molecular formula is C23H53O6P2S2Zn. The molecule has 0 aliphatic carbocycles. The van der Waals surface area contributed by atoms with Crippen LogP contribution in [-0.2, 0) is 39.6 Å². The van der Waals surface area contributed by atoms with E-state index in [9.17, 15) is 0 Å². The first kappa shape index (κ1) is 39.9. The molecule has 0 aliphatic rings. The Kier molecular flexibility index (Phi) is 34.0. The van der Waals surface area contributed by atoms with E-state index in [0.717, 1.165) is 0 Å². The number of allylic oxidation sites excluding steroid dienone is 1. The van der Waals surface area contributed by atoms with Crippen LogP contribution in [0.25, 0.3) is 0 Å². The third-order valence-electron chi connectivity index (χ3n) is 5.82. The molecule has 0 unspecified atom stereocenters. The zero-order valence-corrected chi connectivity index (χ0v) is 28.2. The van der Waals surface area contributed by atoms with Crippen LogP contribution in [0, 0.1) is 0 Å². The van der Waals surface area contributed by atoms with Crippen LogP contribution in [0.15, 0.2) is 12.7 Å². The molecule has 0 aliphatic heterocycles. The summed E-state index contributed by atoms with van der Waals surface area (Å²) in [7, 11) is 0. The topological polar surface area (TPSA) is 121 Å². The zero-order valence-electron chi connectivity index (χ0n) is 21.8. The minimum absolute atomic E-state index is 1.20. The maximum Gasteiger partial charge on any atom is 0.319 e. The molecule has 0 aromatic heterocycles. The molecule has 0 spiro atoms. The predicted molar refractivity (Wildman–Crippen MR) is 152 cm³/mol. The molecule has 0 radical (unpaired) electrons. The third-order valence-corrected chi connectivity index (χ3v) is 14.7.